The van der Waals surface area contributed by atoms with Gasteiger partial charge in [0, 0.05) is 13.1 Å². The van der Waals surface area contributed by atoms with Gasteiger partial charge in [0.05, 0.1) is 16.1 Å². The van der Waals surface area contributed by atoms with Crippen LogP contribution in [-0.4, -0.2) is 40.0 Å². The highest BCUT2D eigenvalue weighted by atomic mass is 32.1. The summed E-state index contributed by atoms with van der Waals surface area (Å²) in [4.78, 5) is 32.0. The van der Waals surface area contributed by atoms with E-state index in [1.54, 1.807) is 4.90 Å². The fourth-order valence-electron chi connectivity index (χ4n) is 4.86. The Kier molecular flexibility index (Phi) is 4.54. The van der Waals surface area contributed by atoms with Crippen molar-refractivity contribution in [3.8, 4) is 0 Å². The molecule has 1 amide bonds. The normalized spacial score (nSPS) is 27.4. The molecule has 1 aliphatic heterocycles. The van der Waals surface area contributed by atoms with Crippen molar-refractivity contribution in [1.82, 2.24) is 9.88 Å². The lowest BCUT2D eigenvalue weighted by Gasteiger charge is -2.38. The molecule has 2 aromatic rings. The average Bonchev–Trinajstić information content (AvgIpc) is 3.21. The first-order valence-corrected chi connectivity index (χ1v) is 10.2. The fourth-order valence-corrected chi connectivity index (χ4v) is 5.74. The minimum Gasteiger partial charge on any atom is -0.481 e. The standard InChI is InChI=1S/C21H24N2O3S/c1-13-18(27-14(2)22-13)19(24)23-11-17-10-16(15-6-4-3-5-7-15)8-9-21(17,12-23)20(25)26/h3-7,16-17H,8-12H2,1-2H3,(H,25,26)/t16-,17-,21-/m0/s1. The summed E-state index contributed by atoms with van der Waals surface area (Å²) in [6.07, 6.45) is 2.30. The lowest BCUT2D eigenvalue weighted by Crippen LogP contribution is -2.43. The highest BCUT2D eigenvalue weighted by Gasteiger charge is 2.56. The predicted octanol–water partition coefficient (Wildman–Crippen LogP) is 3.87. The molecule has 0 spiro atoms. The summed E-state index contributed by atoms with van der Waals surface area (Å²) >= 11 is 1.40. The van der Waals surface area contributed by atoms with Gasteiger partial charge in [0.25, 0.3) is 5.91 Å². The molecule has 0 bridgehead atoms. The average molecular weight is 385 g/mol. The Balaban J connectivity index is 1.59. The van der Waals surface area contributed by atoms with Gasteiger partial charge in [-0.1, -0.05) is 30.3 Å². The van der Waals surface area contributed by atoms with Crippen molar-refractivity contribution >= 4 is 23.2 Å². The van der Waals surface area contributed by atoms with Gasteiger partial charge in [-0.25, -0.2) is 4.98 Å². The van der Waals surface area contributed by atoms with Crippen LogP contribution in [0.25, 0.3) is 0 Å². The summed E-state index contributed by atoms with van der Waals surface area (Å²) in [5.74, 6) is -0.464. The van der Waals surface area contributed by atoms with Crippen LogP contribution < -0.4 is 0 Å². The number of aliphatic carboxylic acids is 1. The highest BCUT2D eigenvalue weighted by molar-refractivity contribution is 7.13. The summed E-state index contributed by atoms with van der Waals surface area (Å²) < 4.78 is 0. The van der Waals surface area contributed by atoms with Gasteiger partial charge in [-0.05, 0) is 50.5 Å². The molecule has 2 fully saturated rings. The van der Waals surface area contributed by atoms with Gasteiger partial charge in [0.2, 0.25) is 0 Å². The molecule has 4 rings (SSSR count). The van der Waals surface area contributed by atoms with Crippen LogP contribution in [0.3, 0.4) is 0 Å². The van der Waals surface area contributed by atoms with E-state index in [4.69, 9.17) is 0 Å². The van der Waals surface area contributed by atoms with E-state index >= 15 is 0 Å². The van der Waals surface area contributed by atoms with E-state index < -0.39 is 11.4 Å². The number of carboxylic acids is 1. The number of hydrogen-bond acceptors (Lipinski definition) is 4. The molecule has 1 aromatic carbocycles. The second-order valence-electron chi connectivity index (χ2n) is 7.87. The number of carbonyl (C=O) groups excluding carboxylic acids is 1. The van der Waals surface area contributed by atoms with E-state index in [2.05, 4.69) is 17.1 Å². The van der Waals surface area contributed by atoms with Crippen molar-refractivity contribution in [3.63, 3.8) is 0 Å². The van der Waals surface area contributed by atoms with Crippen molar-refractivity contribution < 1.29 is 14.7 Å². The molecular formula is C21H24N2O3S. The summed E-state index contributed by atoms with van der Waals surface area (Å²) in [5.41, 5.74) is 1.20. The molecule has 6 heteroatoms. The third kappa shape index (κ3) is 3.06. The minimum absolute atomic E-state index is 0.00719. The number of nitrogens with zero attached hydrogens (tertiary/aromatic N) is 2. The van der Waals surface area contributed by atoms with Gasteiger partial charge in [-0.15, -0.1) is 11.3 Å². The van der Waals surface area contributed by atoms with Crippen molar-refractivity contribution in [3.05, 3.63) is 51.5 Å². The van der Waals surface area contributed by atoms with Crippen LogP contribution in [-0.2, 0) is 4.79 Å². The Morgan fingerprint density at radius 2 is 2.00 bits per heavy atom. The number of rotatable bonds is 3. The van der Waals surface area contributed by atoms with Crippen LogP contribution in [0.5, 0.6) is 0 Å². The molecule has 2 heterocycles. The molecule has 1 aliphatic carbocycles. The maximum absolute atomic E-state index is 13.0. The van der Waals surface area contributed by atoms with Crippen LogP contribution in [0.2, 0.25) is 0 Å². The van der Waals surface area contributed by atoms with Gasteiger partial charge in [0.15, 0.2) is 0 Å². The molecule has 0 radical (unpaired) electrons. The summed E-state index contributed by atoms with van der Waals surface area (Å²) in [7, 11) is 0. The van der Waals surface area contributed by atoms with Crippen LogP contribution in [0.1, 0.15) is 51.1 Å². The van der Waals surface area contributed by atoms with Gasteiger partial charge >= 0.3 is 5.97 Å². The Bertz CT molecular complexity index is 879. The molecule has 5 nitrogen and oxygen atoms in total. The number of likely N-dealkylation sites (tertiary alicyclic amines) is 1. The Labute approximate surface area is 163 Å². The molecule has 1 N–H and O–H groups in total. The Morgan fingerprint density at radius 3 is 2.63 bits per heavy atom. The number of carboxylic acid groups (broad SMARTS) is 1. The molecule has 3 atom stereocenters. The maximum Gasteiger partial charge on any atom is 0.311 e. The number of hydrogen-bond donors (Lipinski definition) is 1. The molecule has 1 aromatic heterocycles. The van der Waals surface area contributed by atoms with E-state index in [-0.39, 0.29) is 11.8 Å². The van der Waals surface area contributed by atoms with E-state index in [1.807, 2.05) is 32.0 Å². The summed E-state index contributed by atoms with van der Waals surface area (Å²) in [5, 5.41) is 10.9. The predicted molar refractivity (Wildman–Crippen MR) is 104 cm³/mol. The molecule has 1 saturated carbocycles. The Morgan fingerprint density at radius 1 is 1.26 bits per heavy atom. The molecule has 0 unspecified atom stereocenters. The topological polar surface area (TPSA) is 70.5 Å². The van der Waals surface area contributed by atoms with E-state index in [0.29, 0.717) is 30.3 Å². The van der Waals surface area contributed by atoms with Crippen LogP contribution in [0, 0.1) is 25.2 Å². The third-order valence-corrected chi connectivity index (χ3v) is 7.35. The zero-order chi connectivity index (χ0) is 19.2. The number of carbonyl (C=O) groups is 2. The van der Waals surface area contributed by atoms with E-state index in [0.717, 1.165) is 23.5 Å². The quantitative estimate of drug-likeness (QED) is 0.872. The summed E-state index contributed by atoms with van der Waals surface area (Å²) in [6, 6.07) is 10.3. The number of benzene rings is 1. The van der Waals surface area contributed by atoms with Gasteiger partial charge < -0.3 is 10.0 Å². The van der Waals surface area contributed by atoms with Crippen molar-refractivity contribution in [2.45, 2.75) is 39.0 Å². The smallest absolute Gasteiger partial charge is 0.311 e. The number of aryl methyl sites for hydroxylation is 2. The maximum atomic E-state index is 13.0. The minimum atomic E-state index is -0.811. The third-order valence-electron chi connectivity index (χ3n) is 6.29. The molecule has 2 aliphatic rings. The number of aromatic nitrogens is 1. The highest BCUT2D eigenvalue weighted by Crippen LogP contribution is 2.51. The number of thiazole rings is 1. The fraction of sp³-hybridized carbons (Fsp3) is 0.476. The van der Waals surface area contributed by atoms with E-state index in [9.17, 15) is 14.7 Å². The number of fused-ring (bicyclic) bond motifs is 1. The monoisotopic (exact) mass is 384 g/mol. The molecular weight excluding hydrogens is 360 g/mol. The van der Waals surface area contributed by atoms with Crippen LogP contribution >= 0.6 is 11.3 Å². The first-order valence-electron chi connectivity index (χ1n) is 9.42. The first kappa shape index (κ1) is 18.2. The second kappa shape index (κ2) is 6.75. The van der Waals surface area contributed by atoms with Gasteiger partial charge in [-0.2, -0.15) is 0 Å². The second-order valence-corrected chi connectivity index (χ2v) is 9.08. The van der Waals surface area contributed by atoms with Crippen molar-refractivity contribution in [2.75, 3.05) is 13.1 Å². The van der Waals surface area contributed by atoms with E-state index in [1.165, 1.54) is 16.9 Å². The van der Waals surface area contributed by atoms with Gasteiger partial charge in [0.1, 0.15) is 4.88 Å². The Hall–Kier alpha value is -2.21. The van der Waals surface area contributed by atoms with Crippen molar-refractivity contribution in [1.29, 1.82) is 0 Å². The van der Waals surface area contributed by atoms with Gasteiger partial charge in [-0.3, -0.25) is 9.59 Å². The summed E-state index contributed by atoms with van der Waals surface area (Å²) in [6.45, 7) is 4.56. The first-order chi connectivity index (χ1) is 12.9. The molecule has 1 saturated heterocycles. The zero-order valence-electron chi connectivity index (χ0n) is 15.6. The number of amides is 1. The lowest BCUT2D eigenvalue weighted by atomic mass is 9.64. The SMILES string of the molecule is Cc1nc(C)c(C(=O)N2C[C@@H]3C[C@@H](c4ccccc4)CC[C@]3(C(=O)O)C2)s1. The molecule has 142 valence electrons. The zero-order valence-corrected chi connectivity index (χ0v) is 16.5. The molecule has 27 heavy (non-hydrogen) atoms. The van der Waals surface area contributed by atoms with Crippen LogP contribution in [0.4, 0.5) is 0 Å². The van der Waals surface area contributed by atoms with Crippen molar-refractivity contribution in [2.24, 2.45) is 11.3 Å². The largest absolute Gasteiger partial charge is 0.481 e. The lowest BCUT2D eigenvalue weighted by molar-refractivity contribution is -0.152. The van der Waals surface area contributed by atoms with Crippen LogP contribution in [0.15, 0.2) is 30.3 Å².